The van der Waals surface area contributed by atoms with E-state index in [1.165, 1.54) is 4.57 Å². The fourth-order valence-corrected chi connectivity index (χ4v) is 4.08. The molecule has 2 amide bonds. The van der Waals surface area contributed by atoms with Crippen molar-refractivity contribution in [1.29, 1.82) is 0 Å². The number of anilines is 1. The molecule has 0 saturated carbocycles. The van der Waals surface area contributed by atoms with E-state index in [-0.39, 0.29) is 23.9 Å². The number of H-pyrrole nitrogens is 1. The van der Waals surface area contributed by atoms with Crippen LogP contribution in [0.3, 0.4) is 0 Å². The molecule has 3 N–H and O–H groups in total. The lowest BCUT2D eigenvalue weighted by molar-refractivity contribution is -0.132. The van der Waals surface area contributed by atoms with Gasteiger partial charge >= 0.3 is 5.76 Å². The van der Waals surface area contributed by atoms with Crippen molar-refractivity contribution in [2.75, 3.05) is 18.4 Å². The molecule has 5 rings (SSSR count). The molecule has 10 nitrogen and oxygen atoms in total. The number of phenolic OH excluding ortho intramolecular Hbond substituents is 1. The topological polar surface area (TPSA) is 133 Å². The third-order valence-electron chi connectivity index (χ3n) is 5.91. The zero-order valence-corrected chi connectivity index (χ0v) is 18.3. The normalized spacial score (nSPS) is 13.8. The average Bonchev–Trinajstić information content (AvgIpc) is 3.45. The first kappa shape index (κ1) is 21.5. The average molecular weight is 461 g/mol. The molecule has 2 aromatic heterocycles. The zero-order chi connectivity index (χ0) is 23.7. The van der Waals surface area contributed by atoms with Crippen molar-refractivity contribution in [1.82, 2.24) is 19.7 Å². The summed E-state index contributed by atoms with van der Waals surface area (Å²) in [6.07, 6.45) is 3.03. The molecule has 0 bridgehead atoms. The van der Waals surface area contributed by atoms with E-state index in [1.54, 1.807) is 53.4 Å². The molecule has 10 heteroatoms. The second kappa shape index (κ2) is 8.89. The van der Waals surface area contributed by atoms with Gasteiger partial charge in [-0.1, -0.05) is 0 Å². The van der Waals surface area contributed by atoms with Crippen LogP contribution in [0.15, 0.2) is 57.7 Å². The highest BCUT2D eigenvalue weighted by Crippen LogP contribution is 2.22. The molecule has 34 heavy (non-hydrogen) atoms. The Morgan fingerprint density at radius 3 is 2.59 bits per heavy atom. The number of piperidine rings is 1. The number of aromatic hydroxyl groups is 1. The largest absolute Gasteiger partial charge is 0.508 e. The smallest absolute Gasteiger partial charge is 0.420 e. The molecule has 3 heterocycles. The Bertz CT molecular complexity index is 1410. The number of hydrogen-bond acceptors (Lipinski definition) is 6. The van der Waals surface area contributed by atoms with E-state index in [4.69, 9.17) is 4.42 Å². The Morgan fingerprint density at radius 1 is 1.06 bits per heavy atom. The van der Waals surface area contributed by atoms with Crippen LogP contribution in [0.5, 0.6) is 5.75 Å². The highest BCUT2D eigenvalue weighted by atomic mass is 16.4. The Kier molecular flexibility index (Phi) is 5.62. The van der Waals surface area contributed by atoms with Gasteiger partial charge in [0.25, 0.3) is 5.91 Å². The van der Waals surface area contributed by atoms with Crippen molar-refractivity contribution in [3.8, 4) is 17.0 Å². The lowest BCUT2D eigenvalue weighted by Gasteiger charge is -2.26. The molecule has 174 valence electrons. The standard InChI is InChI=1S/C24H23N5O5/c30-17-7-4-15(5-8-17)18-13-19(27-26-18)23(32)25-16-6-9-21-20(12-16)29(24(33)34-21)14-22(31)28-10-2-1-3-11-28/h4-9,12-13,30H,1-3,10-11,14H2,(H,25,32)(H,26,27). The summed E-state index contributed by atoms with van der Waals surface area (Å²) in [6.45, 7) is 1.28. The molecular weight excluding hydrogens is 438 g/mol. The number of carbonyl (C=O) groups excluding carboxylic acids is 2. The van der Waals surface area contributed by atoms with E-state index in [1.807, 2.05) is 0 Å². The number of amides is 2. The maximum atomic E-state index is 12.7. The number of phenols is 1. The van der Waals surface area contributed by atoms with Crippen molar-refractivity contribution in [3.05, 3.63) is 64.8 Å². The van der Waals surface area contributed by atoms with Gasteiger partial charge in [0.1, 0.15) is 18.0 Å². The van der Waals surface area contributed by atoms with Gasteiger partial charge in [-0.05, 0) is 67.8 Å². The molecule has 1 saturated heterocycles. The summed E-state index contributed by atoms with van der Waals surface area (Å²) in [5.41, 5.74) is 2.76. The Hall–Kier alpha value is -4.34. The van der Waals surface area contributed by atoms with E-state index in [2.05, 4.69) is 15.5 Å². The second-order valence-corrected chi connectivity index (χ2v) is 8.25. The van der Waals surface area contributed by atoms with Gasteiger partial charge in [0.05, 0.1) is 11.2 Å². The molecule has 1 fully saturated rings. The number of aromatic nitrogens is 3. The van der Waals surface area contributed by atoms with Gasteiger partial charge in [0.2, 0.25) is 5.91 Å². The molecule has 0 aliphatic carbocycles. The molecule has 1 aliphatic heterocycles. The SMILES string of the molecule is O=C(Nc1ccc2oc(=O)n(CC(=O)N3CCCCC3)c2c1)c1cc(-c2ccc(O)cc2)n[nH]1. The van der Waals surface area contributed by atoms with Gasteiger partial charge in [-0.2, -0.15) is 5.10 Å². The number of fused-ring (bicyclic) bond motifs is 1. The molecule has 0 unspecified atom stereocenters. The number of likely N-dealkylation sites (tertiary alicyclic amines) is 1. The highest BCUT2D eigenvalue weighted by molar-refractivity contribution is 6.04. The van der Waals surface area contributed by atoms with E-state index in [9.17, 15) is 19.5 Å². The summed E-state index contributed by atoms with van der Waals surface area (Å²) in [6, 6.07) is 12.9. The monoisotopic (exact) mass is 461 g/mol. The van der Waals surface area contributed by atoms with Gasteiger partial charge in [-0.25, -0.2) is 4.79 Å². The molecule has 0 spiro atoms. The van der Waals surface area contributed by atoms with Crippen LogP contribution < -0.4 is 11.1 Å². The van der Waals surface area contributed by atoms with E-state index in [0.29, 0.717) is 35.6 Å². The molecule has 0 atom stereocenters. The van der Waals surface area contributed by atoms with Crippen LogP contribution in [0.1, 0.15) is 29.8 Å². The number of nitrogens with zero attached hydrogens (tertiary/aromatic N) is 3. The number of nitrogens with one attached hydrogen (secondary N) is 2. The number of carbonyl (C=O) groups is 2. The quantitative estimate of drug-likeness (QED) is 0.418. The summed E-state index contributed by atoms with van der Waals surface area (Å²) >= 11 is 0. The fraction of sp³-hybridized carbons (Fsp3) is 0.250. The van der Waals surface area contributed by atoms with E-state index in [0.717, 1.165) is 24.8 Å². The number of benzene rings is 2. The van der Waals surface area contributed by atoms with Crippen molar-refractivity contribution >= 4 is 28.6 Å². The molecule has 4 aromatic rings. The molecular formula is C24H23N5O5. The van der Waals surface area contributed by atoms with Gasteiger partial charge in [-0.3, -0.25) is 19.3 Å². The van der Waals surface area contributed by atoms with Gasteiger partial charge in [0.15, 0.2) is 5.58 Å². The van der Waals surface area contributed by atoms with Crippen LogP contribution in [-0.2, 0) is 11.3 Å². The number of hydrogen-bond donors (Lipinski definition) is 3. The van der Waals surface area contributed by atoms with Crippen molar-refractivity contribution in [3.63, 3.8) is 0 Å². The number of aromatic amines is 1. The van der Waals surface area contributed by atoms with Gasteiger partial charge in [0, 0.05) is 24.3 Å². The molecule has 0 radical (unpaired) electrons. The first-order chi connectivity index (χ1) is 16.5. The zero-order valence-electron chi connectivity index (χ0n) is 18.3. The maximum absolute atomic E-state index is 12.7. The summed E-state index contributed by atoms with van der Waals surface area (Å²) in [5.74, 6) is -1.02. The van der Waals surface area contributed by atoms with E-state index >= 15 is 0 Å². The number of rotatable bonds is 5. The van der Waals surface area contributed by atoms with Crippen LogP contribution in [0, 0.1) is 0 Å². The van der Waals surface area contributed by atoms with Crippen LogP contribution in [0.25, 0.3) is 22.4 Å². The summed E-state index contributed by atoms with van der Waals surface area (Å²) in [4.78, 5) is 39.6. The van der Waals surface area contributed by atoms with E-state index < -0.39 is 11.7 Å². The van der Waals surface area contributed by atoms with Crippen molar-refractivity contribution in [2.45, 2.75) is 25.8 Å². The minimum Gasteiger partial charge on any atom is -0.508 e. The highest BCUT2D eigenvalue weighted by Gasteiger charge is 2.20. The maximum Gasteiger partial charge on any atom is 0.420 e. The van der Waals surface area contributed by atoms with Gasteiger partial charge in [-0.15, -0.1) is 0 Å². The summed E-state index contributed by atoms with van der Waals surface area (Å²) in [7, 11) is 0. The summed E-state index contributed by atoms with van der Waals surface area (Å²) < 4.78 is 6.58. The first-order valence-corrected chi connectivity index (χ1v) is 11.1. The first-order valence-electron chi connectivity index (χ1n) is 11.1. The third-order valence-corrected chi connectivity index (χ3v) is 5.91. The Morgan fingerprint density at radius 2 is 1.82 bits per heavy atom. The summed E-state index contributed by atoms with van der Waals surface area (Å²) in [5, 5.41) is 19.1. The van der Waals surface area contributed by atoms with Crippen LogP contribution in [0.2, 0.25) is 0 Å². The van der Waals surface area contributed by atoms with Crippen LogP contribution in [0.4, 0.5) is 5.69 Å². The second-order valence-electron chi connectivity index (χ2n) is 8.25. The van der Waals surface area contributed by atoms with Crippen LogP contribution >= 0.6 is 0 Å². The fourth-order valence-electron chi connectivity index (χ4n) is 4.08. The lowest BCUT2D eigenvalue weighted by Crippen LogP contribution is -2.39. The molecule has 2 aromatic carbocycles. The Labute approximate surface area is 193 Å². The minimum absolute atomic E-state index is 0.111. The van der Waals surface area contributed by atoms with Gasteiger partial charge < -0.3 is 19.7 Å². The van der Waals surface area contributed by atoms with Crippen LogP contribution in [-0.4, -0.2) is 49.7 Å². The molecule has 1 aliphatic rings. The number of oxazole rings is 1. The third kappa shape index (κ3) is 4.29. The Balaban J connectivity index is 1.34. The van der Waals surface area contributed by atoms with Crippen molar-refractivity contribution in [2.24, 2.45) is 0 Å². The van der Waals surface area contributed by atoms with Crippen molar-refractivity contribution < 1.29 is 19.1 Å². The predicted molar refractivity (Wildman–Crippen MR) is 125 cm³/mol. The predicted octanol–water partition coefficient (Wildman–Crippen LogP) is 2.96. The minimum atomic E-state index is -0.615. The lowest BCUT2D eigenvalue weighted by atomic mass is 10.1.